The van der Waals surface area contributed by atoms with E-state index < -0.39 is 0 Å². The van der Waals surface area contributed by atoms with Crippen molar-refractivity contribution in [2.45, 2.75) is 39.3 Å². The molecule has 1 amide bonds. The second kappa shape index (κ2) is 14.5. The van der Waals surface area contributed by atoms with E-state index in [0.29, 0.717) is 25.5 Å². The number of nitrogens with one attached hydrogen (secondary N) is 3. The maximum atomic E-state index is 11.8. The number of hydrogen-bond acceptors (Lipinski definition) is 4. The lowest BCUT2D eigenvalue weighted by molar-refractivity contribution is -0.116. The van der Waals surface area contributed by atoms with Crippen molar-refractivity contribution in [3.05, 3.63) is 54.1 Å². The fourth-order valence-corrected chi connectivity index (χ4v) is 2.80. The van der Waals surface area contributed by atoms with Crippen molar-refractivity contribution in [3.8, 4) is 11.5 Å². The zero-order valence-electron chi connectivity index (χ0n) is 18.6. The predicted molar refractivity (Wildman–Crippen MR) is 137 cm³/mol. The van der Waals surface area contributed by atoms with E-state index in [9.17, 15) is 4.79 Å². The molecule has 2 aromatic carbocycles. The molecule has 0 aromatic heterocycles. The minimum atomic E-state index is -0.0623. The van der Waals surface area contributed by atoms with Crippen molar-refractivity contribution in [3.63, 3.8) is 0 Å². The van der Waals surface area contributed by atoms with Crippen LogP contribution in [0.15, 0.2) is 53.5 Å². The van der Waals surface area contributed by atoms with Crippen LogP contribution in [0.3, 0.4) is 0 Å². The van der Waals surface area contributed by atoms with Crippen LogP contribution in [-0.4, -0.2) is 38.7 Å². The van der Waals surface area contributed by atoms with Crippen LogP contribution in [0, 0.1) is 0 Å². The Labute approximate surface area is 202 Å². The van der Waals surface area contributed by atoms with Crippen LogP contribution in [0.2, 0.25) is 0 Å². The number of aliphatic imine (C=N–C) groups is 1. The van der Waals surface area contributed by atoms with Crippen LogP contribution >= 0.6 is 24.0 Å². The molecule has 2 aromatic rings. The molecule has 3 N–H and O–H groups in total. The molecule has 0 saturated heterocycles. The fraction of sp³-hybridized carbons (Fsp3) is 0.391. The Hall–Kier alpha value is -2.49. The van der Waals surface area contributed by atoms with Crippen molar-refractivity contribution in [2.75, 3.05) is 26.0 Å². The normalized spacial score (nSPS) is 11.7. The third-order valence-corrected chi connectivity index (χ3v) is 4.31. The highest BCUT2D eigenvalue weighted by atomic mass is 127. The van der Waals surface area contributed by atoms with E-state index in [1.165, 1.54) is 0 Å². The number of halogens is 1. The Morgan fingerprint density at radius 2 is 1.84 bits per heavy atom. The summed E-state index contributed by atoms with van der Waals surface area (Å²) in [5.41, 5.74) is 1.85. The standard InChI is InChI=1S/C23H32N4O3.HI/c1-5-8-22(28)27-19-10-6-9-18(13-19)16-26-23(24-3)25-15-17(2)30-21-12-7-11-20(14-21)29-4;/h6-7,9-14,17H,5,8,15-16H2,1-4H3,(H,27,28)(H2,24,25,26);1H. The second-order valence-corrected chi connectivity index (χ2v) is 6.91. The quantitative estimate of drug-likeness (QED) is 0.239. The van der Waals surface area contributed by atoms with Crippen LogP contribution in [-0.2, 0) is 11.3 Å². The van der Waals surface area contributed by atoms with Gasteiger partial charge in [-0.1, -0.05) is 25.1 Å². The summed E-state index contributed by atoms with van der Waals surface area (Å²) >= 11 is 0. The zero-order valence-corrected chi connectivity index (χ0v) is 20.9. The lowest BCUT2D eigenvalue weighted by atomic mass is 10.2. The van der Waals surface area contributed by atoms with Gasteiger partial charge in [0.05, 0.1) is 13.7 Å². The van der Waals surface area contributed by atoms with Crippen molar-refractivity contribution in [2.24, 2.45) is 4.99 Å². The molecule has 170 valence electrons. The highest BCUT2D eigenvalue weighted by Gasteiger charge is 2.07. The average molecular weight is 540 g/mol. The predicted octanol–water partition coefficient (Wildman–Crippen LogP) is 4.18. The van der Waals surface area contributed by atoms with E-state index in [2.05, 4.69) is 20.9 Å². The van der Waals surface area contributed by atoms with Crippen LogP contribution in [0.4, 0.5) is 5.69 Å². The molecular formula is C23H33IN4O3. The Morgan fingerprint density at radius 3 is 2.55 bits per heavy atom. The molecule has 0 fully saturated rings. The molecule has 0 aliphatic rings. The third kappa shape index (κ3) is 9.91. The highest BCUT2D eigenvalue weighted by molar-refractivity contribution is 14.0. The first kappa shape index (κ1) is 26.5. The first-order valence-electron chi connectivity index (χ1n) is 10.2. The van der Waals surface area contributed by atoms with Crippen molar-refractivity contribution < 1.29 is 14.3 Å². The molecule has 31 heavy (non-hydrogen) atoms. The van der Waals surface area contributed by atoms with Crippen LogP contribution in [0.1, 0.15) is 32.3 Å². The summed E-state index contributed by atoms with van der Waals surface area (Å²) in [6.45, 7) is 5.15. The van der Waals surface area contributed by atoms with Gasteiger partial charge in [-0.3, -0.25) is 9.79 Å². The minimum absolute atomic E-state index is 0. The molecule has 0 aliphatic carbocycles. The van der Waals surface area contributed by atoms with Crippen molar-refractivity contribution >= 4 is 41.5 Å². The van der Waals surface area contributed by atoms with Crippen molar-refractivity contribution in [1.82, 2.24) is 10.6 Å². The van der Waals surface area contributed by atoms with Gasteiger partial charge in [0.1, 0.15) is 17.6 Å². The van der Waals surface area contributed by atoms with Gasteiger partial charge in [-0.2, -0.15) is 0 Å². The van der Waals surface area contributed by atoms with E-state index in [1.54, 1.807) is 14.2 Å². The van der Waals surface area contributed by atoms with Gasteiger partial charge in [-0.05, 0) is 43.2 Å². The molecular weight excluding hydrogens is 507 g/mol. The van der Waals surface area contributed by atoms with Gasteiger partial charge in [-0.15, -0.1) is 24.0 Å². The maximum Gasteiger partial charge on any atom is 0.224 e. The Balaban J connectivity index is 0.00000480. The number of rotatable bonds is 10. The summed E-state index contributed by atoms with van der Waals surface area (Å²) in [6.07, 6.45) is 1.29. The van der Waals surface area contributed by atoms with E-state index in [-0.39, 0.29) is 36.0 Å². The molecule has 2 rings (SSSR count). The average Bonchev–Trinajstić information content (AvgIpc) is 2.74. The Kier molecular flexibility index (Phi) is 12.4. The number of anilines is 1. The van der Waals surface area contributed by atoms with Gasteiger partial charge in [0.2, 0.25) is 5.91 Å². The summed E-state index contributed by atoms with van der Waals surface area (Å²) in [7, 11) is 3.36. The molecule has 0 bridgehead atoms. The SMILES string of the molecule is CCCC(=O)Nc1cccc(CNC(=NC)NCC(C)Oc2cccc(OC)c2)c1.I. The van der Waals surface area contributed by atoms with E-state index in [4.69, 9.17) is 9.47 Å². The highest BCUT2D eigenvalue weighted by Crippen LogP contribution is 2.19. The topological polar surface area (TPSA) is 84.0 Å². The number of guanidine groups is 1. The largest absolute Gasteiger partial charge is 0.497 e. The lowest BCUT2D eigenvalue weighted by Crippen LogP contribution is -2.41. The molecule has 0 heterocycles. The molecule has 0 radical (unpaired) electrons. The summed E-state index contributed by atoms with van der Waals surface area (Å²) in [5.74, 6) is 2.23. The number of carbonyl (C=O) groups excluding carboxylic acids is 1. The van der Waals surface area contributed by atoms with Gasteiger partial charge in [-0.25, -0.2) is 0 Å². The number of amides is 1. The Morgan fingerprint density at radius 1 is 1.10 bits per heavy atom. The molecule has 0 aliphatic heterocycles. The first-order valence-corrected chi connectivity index (χ1v) is 10.2. The third-order valence-electron chi connectivity index (χ3n) is 4.31. The molecule has 8 heteroatoms. The number of ether oxygens (including phenoxy) is 2. The molecule has 0 spiro atoms. The van der Waals surface area contributed by atoms with Gasteiger partial charge >= 0.3 is 0 Å². The van der Waals surface area contributed by atoms with E-state index in [1.807, 2.05) is 62.4 Å². The number of methoxy groups -OCH3 is 1. The number of benzene rings is 2. The van der Waals surface area contributed by atoms with Crippen LogP contribution in [0.25, 0.3) is 0 Å². The summed E-state index contributed by atoms with van der Waals surface area (Å²) in [4.78, 5) is 16.0. The van der Waals surface area contributed by atoms with Gasteiger partial charge in [0.15, 0.2) is 5.96 Å². The summed E-state index contributed by atoms with van der Waals surface area (Å²) in [5, 5.41) is 9.46. The molecule has 0 saturated carbocycles. The maximum absolute atomic E-state index is 11.8. The van der Waals surface area contributed by atoms with E-state index >= 15 is 0 Å². The summed E-state index contributed by atoms with van der Waals surface area (Å²) in [6, 6.07) is 15.3. The molecule has 1 unspecified atom stereocenters. The minimum Gasteiger partial charge on any atom is -0.497 e. The smallest absolute Gasteiger partial charge is 0.224 e. The van der Waals surface area contributed by atoms with Gasteiger partial charge in [0.25, 0.3) is 0 Å². The van der Waals surface area contributed by atoms with E-state index in [0.717, 1.165) is 29.2 Å². The molecule has 1 atom stereocenters. The monoisotopic (exact) mass is 540 g/mol. The lowest BCUT2D eigenvalue weighted by Gasteiger charge is -2.18. The van der Waals surface area contributed by atoms with Crippen LogP contribution < -0.4 is 25.4 Å². The second-order valence-electron chi connectivity index (χ2n) is 6.91. The zero-order chi connectivity index (χ0) is 21.8. The fourth-order valence-electron chi connectivity index (χ4n) is 2.80. The number of nitrogens with zero attached hydrogens (tertiary/aromatic N) is 1. The first-order chi connectivity index (χ1) is 14.5. The Bertz CT molecular complexity index is 845. The molecule has 7 nitrogen and oxygen atoms in total. The summed E-state index contributed by atoms with van der Waals surface area (Å²) < 4.78 is 11.1. The van der Waals surface area contributed by atoms with Gasteiger partial charge in [0, 0.05) is 31.8 Å². The van der Waals surface area contributed by atoms with Gasteiger partial charge < -0.3 is 25.4 Å². The number of carbonyl (C=O) groups is 1. The van der Waals surface area contributed by atoms with Crippen LogP contribution in [0.5, 0.6) is 11.5 Å². The number of hydrogen-bond donors (Lipinski definition) is 3. The van der Waals surface area contributed by atoms with Crippen molar-refractivity contribution in [1.29, 1.82) is 0 Å².